The molecule has 1 amide bonds. The maximum Gasteiger partial charge on any atom is 0.250 e. The van der Waals surface area contributed by atoms with E-state index in [2.05, 4.69) is 37.6 Å². The van der Waals surface area contributed by atoms with Crippen LogP contribution in [0.25, 0.3) is 0 Å². The molecule has 0 aromatic carbocycles. The normalized spacial score (nSPS) is 14.0. The fraction of sp³-hybridized carbons (Fsp3) is 0.824. The van der Waals surface area contributed by atoms with Crippen molar-refractivity contribution in [3.05, 3.63) is 12.7 Å². The maximum absolute atomic E-state index is 12.0. The van der Waals surface area contributed by atoms with E-state index in [1.54, 1.807) is 6.08 Å². The van der Waals surface area contributed by atoms with Gasteiger partial charge in [0.2, 0.25) is 0 Å². The molecule has 0 fully saturated rings. The first-order chi connectivity index (χ1) is 10.1. The summed E-state index contributed by atoms with van der Waals surface area (Å²) in [4.78, 5) is 14.3. The summed E-state index contributed by atoms with van der Waals surface area (Å²) in [7, 11) is 0. The highest BCUT2D eigenvalue weighted by Gasteiger charge is 2.29. The average molecular weight is 298 g/mol. The minimum atomic E-state index is -0.960. The highest BCUT2D eigenvalue weighted by atomic mass is 16.3. The van der Waals surface area contributed by atoms with Gasteiger partial charge in [0.15, 0.2) is 0 Å². The van der Waals surface area contributed by atoms with Crippen LogP contribution in [0, 0.1) is 0 Å². The van der Waals surface area contributed by atoms with Crippen LogP contribution >= 0.6 is 0 Å². The van der Waals surface area contributed by atoms with Crippen LogP contribution < -0.4 is 5.32 Å². The summed E-state index contributed by atoms with van der Waals surface area (Å²) < 4.78 is 0. The first-order valence-electron chi connectivity index (χ1n) is 8.42. The van der Waals surface area contributed by atoms with Gasteiger partial charge in [-0.1, -0.05) is 46.1 Å². The lowest BCUT2D eigenvalue weighted by Crippen LogP contribution is -2.51. The molecular formula is C17H34N2O2. The first-order valence-corrected chi connectivity index (χ1v) is 8.42. The molecule has 4 heteroatoms. The summed E-state index contributed by atoms with van der Waals surface area (Å²) in [5.74, 6) is -0.286. The van der Waals surface area contributed by atoms with Crippen LogP contribution in [-0.2, 0) is 4.79 Å². The van der Waals surface area contributed by atoms with Crippen molar-refractivity contribution >= 4 is 5.91 Å². The van der Waals surface area contributed by atoms with Crippen LogP contribution in [0.5, 0.6) is 0 Å². The average Bonchev–Trinajstić information content (AvgIpc) is 2.50. The maximum atomic E-state index is 12.0. The van der Waals surface area contributed by atoms with Gasteiger partial charge in [-0.15, -0.1) is 6.58 Å². The number of nitrogens with zero attached hydrogens (tertiary/aromatic N) is 1. The molecule has 0 aromatic heterocycles. The van der Waals surface area contributed by atoms with Crippen molar-refractivity contribution in [3.63, 3.8) is 0 Å². The Labute approximate surface area is 130 Å². The van der Waals surface area contributed by atoms with E-state index >= 15 is 0 Å². The van der Waals surface area contributed by atoms with Gasteiger partial charge < -0.3 is 10.4 Å². The third-order valence-electron chi connectivity index (χ3n) is 3.70. The van der Waals surface area contributed by atoms with E-state index in [0.29, 0.717) is 6.54 Å². The summed E-state index contributed by atoms with van der Waals surface area (Å²) in [5.41, 5.74) is 0. The minimum absolute atomic E-state index is 0.0853. The fourth-order valence-electron chi connectivity index (χ4n) is 2.45. The van der Waals surface area contributed by atoms with Gasteiger partial charge in [-0.05, 0) is 32.4 Å². The summed E-state index contributed by atoms with van der Waals surface area (Å²) in [6, 6.07) is -0.0853. The Morgan fingerprint density at radius 2 is 1.76 bits per heavy atom. The first kappa shape index (κ1) is 20.1. The summed E-state index contributed by atoms with van der Waals surface area (Å²) in [5, 5.41) is 13.1. The third kappa shape index (κ3) is 8.22. The SMILES string of the molecule is C=CCNC(=O)[C@H](O)[C@@H](CCC)N(CCCC)CCCC. The number of aliphatic hydroxyl groups excluding tert-OH is 1. The molecular weight excluding hydrogens is 264 g/mol. The monoisotopic (exact) mass is 298 g/mol. The Bertz CT molecular complexity index is 274. The molecule has 0 heterocycles. The highest BCUT2D eigenvalue weighted by Crippen LogP contribution is 2.15. The van der Waals surface area contributed by atoms with Gasteiger partial charge in [-0.25, -0.2) is 0 Å². The number of carbonyl (C=O) groups is 1. The van der Waals surface area contributed by atoms with Crippen LogP contribution in [0.3, 0.4) is 0 Å². The number of carbonyl (C=O) groups excluding carboxylic acids is 1. The second-order valence-electron chi connectivity index (χ2n) is 5.58. The van der Waals surface area contributed by atoms with Gasteiger partial charge in [0, 0.05) is 12.6 Å². The molecule has 0 radical (unpaired) electrons. The zero-order valence-electron chi connectivity index (χ0n) is 14.1. The summed E-state index contributed by atoms with van der Waals surface area (Å²) in [6.45, 7) is 12.3. The van der Waals surface area contributed by atoms with Crippen LogP contribution in [0.1, 0.15) is 59.3 Å². The number of unbranched alkanes of at least 4 members (excludes halogenated alkanes) is 2. The Kier molecular flexibility index (Phi) is 12.3. The van der Waals surface area contributed by atoms with Crippen LogP contribution in [0.15, 0.2) is 12.7 Å². The summed E-state index contributed by atoms with van der Waals surface area (Å²) in [6.07, 6.45) is 6.93. The molecule has 0 saturated heterocycles. The zero-order chi connectivity index (χ0) is 16.1. The van der Waals surface area contributed by atoms with Crippen molar-refractivity contribution in [1.82, 2.24) is 10.2 Å². The quantitative estimate of drug-likeness (QED) is 0.514. The predicted molar refractivity (Wildman–Crippen MR) is 89.3 cm³/mol. The summed E-state index contributed by atoms with van der Waals surface area (Å²) >= 11 is 0. The van der Waals surface area contributed by atoms with Crippen molar-refractivity contribution in [3.8, 4) is 0 Å². The molecule has 0 rings (SSSR count). The Morgan fingerprint density at radius 1 is 1.19 bits per heavy atom. The Hall–Kier alpha value is -0.870. The molecule has 0 aliphatic rings. The van der Waals surface area contributed by atoms with Crippen molar-refractivity contribution < 1.29 is 9.90 Å². The lowest BCUT2D eigenvalue weighted by Gasteiger charge is -2.34. The molecule has 4 nitrogen and oxygen atoms in total. The number of rotatable bonds is 13. The number of hydrogen-bond acceptors (Lipinski definition) is 3. The predicted octanol–water partition coefficient (Wildman–Crippen LogP) is 2.72. The largest absolute Gasteiger partial charge is 0.382 e. The number of aliphatic hydroxyl groups is 1. The molecule has 0 bridgehead atoms. The molecule has 0 aliphatic heterocycles. The molecule has 0 saturated carbocycles. The van der Waals surface area contributed by atoms with E-state index in [4.69, 9.17) is 0 Å². The van der Waals surface area contributed by atoms with Crippen LogP contribution in [0.2, 0.25) is 0 Å². The topological polar surface area (TPSA) is 52.6 Å². The molecule has 0 unspecified atom stereocenters. The molecule has 124 valence electrons. The van der Waals surface area contributed by atoms with Gasteiger partial charge in [0.1, 0.15) is 6.10 Å². The van der Waals surface area contributed by atoms with Crippen molar-refractivity contribution in [2.75, 3.05) is 19.6 Å². The van der Waals surface area contributed by atoms with Gasteiger partial charge in [-0.3, -0.25) is 9.69 Å². The lowest BCUT2D eigenvalue weighted by molar-refractivity contribution is -0.133. The molecule has 2 N–H and O–H groups in total. The van der Waals surface area contributed by atoms with Crippen molar-refractivity contribution in [2.24, 2.45) is 0 Å². The minimum Gasteiger partial charge on any atom is -0.382 e. The Morgan fingerprint density at radius 3 is 2.19 bits per heavy atom. The number of nitrogens with one attached hydrogen (secondary N) is 1. The lowest BCUT2D eigenvalue weighted by atomic mass is 10.0. The van der Waals surface area contributed by atoms with Crippen LogP contribution in [-0.4, -0.2) is 47.7 Å². The third-order valence-corrected chi connectivity index (χ3v) is 3.70. The Balaban J connectivity index is 4.80. The van der Waals surface area contributed by atoms with Gasteiger partial charge in [0.25, 0.3) is 5.91 Å². The number of amides is 1. The van der Waals surface area contributed by atoms with E-state index in [1.807, 2.05) is 0 Å². The standard InChI is InChI=1S/C17H34N2O2/c1-5-9-13-19(14-10-6-2)15(11-7-3)16(20)17(21)18-12-8-4/h8,15-16,20H,4-7,9-14H2,1-3H3,(H,18,21)/t15-,16-/m1/s1. The van der Waals surface area contributed by atoms with Gasteiger partial charge in [0.05, 0.1) is 0 Å². The number of hydrogen-bond donors (Lipinski definition) is 2. The van der Waals surface area contributed by atoms with E-state index in [1.165, 1.54) is 0 Å². The smallest absolute Gasteiger partial charge is 0.250 e. The van der Waals surface area contributed by atoms with Gasteiger partial charge in [-0.2, -0.15) is 0 Å². The van der Waals surface area contributed by atoms with Crippen molar-refractivity contribution in [2.45, 2.75) is 71.4 Å². The molecule has 0 aromatic rings. The van der Waals surface area contributed by atoms with Crippen LogP contribution in [0.4, 0.5) is 0 Å². The zero-order valence-corrected chi connectivity index (χ0v) is 14.1. The van der Waals surface area contributed by atoms with E-state index in [-0.39, 0.29) is 11.9 Å². The van der Waals surface area contributed by atoms with E-state index in [0.717, 1.165) is 51.6 Å². The second-order valence-corrected chi connectivity index (χ2v) is 5.58. The highest BCUT2D eigenvalue weighted by molar-refractivity contribution is 5.81. The van der Waals surface area contributed by atoms with Crippen molar-refractivity contribution in [1.29, 1.82) is 0 Å². The molecule has 0 spiro atoms. The molecule has 2 atom stereocenters. The van der Waals surface area contributed by atoms with E-state index in [9.17, 15) is 9.90 Å². The fourth-order valence-corrected chi connectivity index (χ4v) is 2.45. The second kappa shape index (κ2) is 12.8. The molecule has 0 aliphatic carbocycles. The molecule has 21 heavy (non-hydrogen) atoms. The van der Waals surface area contributed by atoms with Gasteiger partial charge >= 0.3 is 0 Å². The van der Waals surface area contributed by atoms with E-state index < -0.39 is 6.10 Å².